The molecule has 2 heterocycles. The first-order valence-corrected chi connectivity index (χ1v) is 8.75. The molecule has 0 aromatic carbocycles. The molecule has 1 amide bonds. The molecule has 2 N–H and O–H groups in total. The molecule has 1 aliphatic rings. The summed E-state index contributed by atoms with van der Waals surface area (Å²) >= 11 is 1.80. The minimum Gasteiger partial charge on any atom is -0.356 e. The molecule has 122 valence electrons. The summed E-state index contributed by atoms with van der Waals surface area (Å²) in [5, 5.41) is 8.57. The minimum atomic E-state index is 0.212. The van der Waals surface area contributed by atoms with E-state index >= 15 is 0 Å². The van der Waals surface area contributed by atoms with E-state index in [4.69, 9.17) is 0 Å². The first-order valence-electron chi connectivity index (χ1n) is 7.87. The van der Waals surface area contributed by atoms with Gasteiger partial charge >= 0.3 is 0 Å². The van der Waals surface area contributed by atoms with Gasteiger partial charge in [-0.1, -0.05) is 13.8 Å². The van der Waals surface area contributed by atoms with E-state index in [2.05, 4.69) is 40.9 Å². The second-order valence-corrected chi connectivity index (χ2v) is 6.96. The molecule has 0 spiro atoms. The van der Waals surface area contributed by atoms with Gasteiger partial charge in [0.25, 0.3) is 0 Å². The number of nitrogens with one attached hydrogen (secondary N) is 2. The predicted molar refractivity (Wildman–Crippen MR) is 92.3 cm³/mol. The molecule has 1 aromatic heterocycles. The number of nitrogens with zero attached hydrogens (tertiary/aromatic N) is 2. The second kappa shape index (κ2) is 8.17. The number of aliphatic imine (C=N–C) groups is 1. The molecule has 2 rings (SSSR count). The van der Waals surface area contributed by atoms with Crippen LogP contribution in [0.25, 0.3) is 0 Å². The first kappa shape index (κ1) is 16.8. The molecule has 0 fully saturated rings. The third-order valence-corrected chi connectivity index (χ3v) is 4.72. The van der Waals surface area contributed by atoms with Crippen LogP contribution in [-0.4, -0.2) is 43.4 Å². The van der Waals surface area contributed by atoms with Gasteiger partial charge in [-0.3, -0.25) is 9.79 Å². The van der Waals surface area contributed by atoms with E-state index in [-0.39, 0.29) is 5.91 Å². The summed E-state index contributed by atoms with van der Waals surface area (Å²) in [6, 6.07) is 2.13. The largest absolute Gasteiger partial charge is 0.356 e. The number of thiophene rings is 1. The number of rotatable bonds is 5. The average molecular weight is 322 g/mol. The highest BCUT2D eigenvalue weighted by Gasteiger charge is 2.20. The van der Waals surface area contributed by atoms with E-state index in [0.29, 0.717) is 18.9 Å². The lowest BCUT2D eigenvalue weighted by atomic mass is 10.1. The minimum absolute atomic E-state index is 0.212. The topological polar surface area (TPSA) is 56.7 Å². The average Bonchev–Trinajstić information content (AvgIpc) is 2.97. The maximum atomic E-state index is 12.3. The highest BCUT2D eigenvalue weighted by molar-refractivity contribution is 7.10. The zero-order chi connectivity index (χ0) is 15.9. The summed E-state index contributed by atoms with van der Waals surface area (Å²) < 4.78 is 0. The third kappa shape index (κ3) is 4.73. The predicted octanol–water partition coefficient (Wildman–Crippen LogP) is 1.84. The van der Waals surface area contributed by atoms with Crippen LogP contribution >= 0.6 is 11.3 Å². The van der Waals surface area contributed by atoms with Gasteiger partial charge in [0.05, 0.1) is 0 Å². The van der Waals surface area contributed by atoms with Crippen molar-refractivity contribution < 1.29 is 4.79 Å². The Labute approximate surface area is 136 Å². The highest BCUT2D eigenvalue weighted by atomic mass is 32.1. The van der Waals surface area contributed by atoms with Crippen molar-refractivity contribution in [1.82, 2.24) is 15.5 Å². The van der Waals surface area contributed by atoms with Gasteiger partial charge in [0, 0.05) is 44.5 Å². The van der Waals surface area contributed by atoms with Crippen LogP contribution in [0, 0.1) is 5.92 Å². The van der Waals surface area contributed by atoms with Crippen LogP contribution < -0.4 is 10.6 Å². The number of hydrogen-bond donors (Lipinski definition) is 2. The lowest BCUT2D eigenvalue weighted by Gasteiger charge is -2.27. The fourth-order valence-electron chi connectivity index (χ4n) is 2.43. The molecular weight excluding hydrogens is 296 g/mol. The van der Waals surface area contributed by atoms with Crippen molar-refractivity contribution in [2.45, 2.75) is 33.2 Å². The number of amides is 1. The van der Waals surface area contributed by atoms with Crippen LogP contribution in [-0.2, 0) is 17.8 Å². The van der Waals surface area contributed by atoms with Crippen LogP contribution in [0.1, 0.15) is 30.7 Å². The SMILES string of the molecule is CN=C(NCCC(=O)N1CCc2sccc2C1)NCC(C)C. The van der Waals surface area contributed by atoms with E-state index in [1.807, 2.05) is 4.90 Å². The normalized spacial score (nSPS) is 14.9. The molecule has 22 heavy (non-hydrogen) atoms. The number of carbonyl (C=O) groups is 1. The van der Waals surface area contributed by atoms with Crippen molar-refractivity contribution in [2.75, 3.05) is 26.7 Å². The molecule has 0 radical (unpaired) electrons. The molecule has 0 bridgehead atoms. The molecule has 0 saturated heterocycles. The van der Waals surface area contributed by atoms with Gasteiger partial charge in [0.2, 0.25) is 5.91 Å². The maximum absolute atomic E-state index is 12.3. The fraction of sp³-hybridized carbons (Fsp3) is 0.625. The number of guanidine groups is 1. The maximum Gasteiger partial charge on any atom is 0.224 e. The Morgan fingerprint density at radius 1 is 1.45 bits per heavy atom. The Morgan fingerprint density at radius 2 is 2.27 bits per heavy atom. The van der Waals surface area contributed by atoms with Gasteiger partial charge in [-0.05, 0) is 29.3 Å². The van der Waals surface area contributed by atoms with Crippen molar-refractivity contribution in [1.29, 1.82) is 0 Å². The molecular formula is C16H26N4OS. The van der Waals surface area contributed by atoms with Gasteiger partial charge in [0.15, 0.2) is 5.96 Å². The monoisotopic (exact) mass is 322 g/mol. The molecule has 5 nitrogen and oxygen atoms in total. The van der Waals surface area contributed by atoms with Crippen molar-refractivity contribution in [2.24, 2.45) is 10.9 Å². The quantitative estimate of drug-likeness (QED) is 0.642. The van der Waals surface area contributed by atoms with Crippen molar-refractivity contribution in [3.8, 4) is 0 Å². The van der Waals surface area contributed by atoms with Gasteiger partial charge in [-0.25, -0.2) is 0 Å². The number of carbonyl (C=O) groups excluding carboxylic acids is 1. The van der Waals surface area contributed by atoms with E-state index in [0.717, 1.165) is 32.0 Å². The van der Waals surface area contributed by atoms with Crippen molar-refractivity contribution in [3.63, 3.8) is 0 Å². The Morgan fingerprint density at radius 3 is 3.00 bits per heavy atom. The summed E-state index contributed by atoms with van der Waals surface area (Å²) in [5.41, 5.74) is 1.31. The van der Waals surface area contributed by atoms with E-state index < -0.39 is 0 Å². The van der Waals surface area contributed by atoms with Gasteiger partial charge in [-0.2, -0.15) is 0 Å². The zero-order valence-corrected chi connectivity index (χ0v) is 14.5. The van der Waals surface area contributed by atoms with Crippen LogP contribution in [0.4, 0.5) is 0 Å². The smallest absolute Gasteiger partial charge is 0.224 e. The molecule has 1 aromatic rings. The van der Waals surface area contributed by atoms with Crippen LogP contribution in [0.5, 0.6) is 0 Å². The molecule has 6 heteroatoms. The van der Waals surface area contributed by atoms with Gasteiger partial charge in [0.1, 0.15) is 0 Å². The van der Waals surface area contributed by atoms with Crippen LogP contribution in [0.2, 0.25) is 0 Å². The van der Waals surface area contributed by atoms with Crippen LogP contribution in [0.15, 0.2) is 16.4 Å². The van der Waals surface area contributed by atoms with Gasteiger partial charge in [-0.15, -0.1) is 11.3 Å². The van der Waals surface area contributed by atoms with E-state index in [1.165, 1.54) is 10.4 Å². The lowest BCUT2D eigenvalue weighted by molar-refractivity contribution is -0.131. The molecule has 1 aliphatic heterocycles. The summed E-state index contributed by atoms with van der Waals surface area (Å²) in [6.45, 7) is 7.40. The van der Waals surface area contributed by atoms with Crippen molar-refractivity contribution >= 4 is 23.2 Å². The molecule has 0 unspecified atom stereocenters. The number of hydrogen-bond acceptors (Lipinski definition) is 3. The summed E-state index contributed by atoms with van der Waals surface area (Å²) in [7, 11) is 1.75. The second-order valence-electron chi connectivity index (χ2n) is 5.96. The third-order valence-electron chi connectivity index (χ3n) is 3.69. The van der Waals surface area contributed by atoms with E-state index in [1.54, 1.807) is 18.4 Å². The Kier molecular flexibility index (Phi) is 6.24. The molecule has 0 saturated carbocycles. The summed E-state index contributed by atoms with van der Waals surface area (Å²) in [5.74, 6) is 1.54. The lowest BCUT2D eigenvalue weighted by Crippen LogP contribution is -2.42. The van der Waals surface area contributed by atoms with E-state index in [9.17, 15) is 4.79 Å². The zero-order valence-electron chi connectivity index (χ0n) is 13.7. The molecule has 0 aliphatic carbocycles. The fourth-order valence-corrected chi connectivity index (χ4v) is 3.32. The first-order chi connectivity index (χ1) is 10.6. The Hall–Kier alpha value is -1.56. The Balaban J connectivity index is 1.72. The Bertz CT molecular complexity index is 524. The molecule has 0 atom stereocenters. The summed E-state index contributed by atoms with van der Waals surface area (Å²) in [4.78, 5) is 19.8. The summed E-state index contributed by atoms with van der Waals surface area (Å²) in [6.07, 6.45) is 1.49. The number of fused-ring (bicyclic) bond motifs is 1. The van der Waals surface area contributed by atoms with Gasteiger partial charge < -0.3 is 15.5 Å². The highest BCUT2D eigenvalue weighted by Crippen LogP contribution is 2.24. The van der Waals surface area contributed by atoms with Crippen LogP contribution in [0.3, 0.4) is 0 Å². The standard InChI is InChI=1S/C16H26N4OS/c1-12(2)10-19-16(17-3)18-7-4-15(21)20-8-5-14-13(11-20)6-9-22-14/h6,9,12H,4-5,7-8,10-11H2,1-3H3,(H2,17,18,19). The van der Waals surface area contributed by atoms with Crippen molar-refractivity contribution in [3.05, 3.63) is 21.9 Å².